The Morgan fingerprint density at radius 1 is 1.20 bits per heavy atom. The van der Waals surface area contributed by atoms with E-state index in [1.807, 2.05) is 38.1 Å². The van der Waals surface area contributed by atoms with Gasteiger partial charge in [0, 0.05) is 5.69 Å². The molecule has 0 aliphatic heterocycles. The molecule has 1 aromatic carbocycles. The second kappa shape index (κ2) is 9.34. The second-order valence-electron chi connectivity index (χ2n) is 4.52. The first-order valence-corrected chi connectivity index (χ1v) is 6.32. The van der Waals surface area contributed by atoms with E-state index >= 15 is 0 Å². The van der Waals surface area contributed by atoms with Crippen LogP contribution in [0.5, 0.6) is 0 Å². The van der Waals surface area contributed by atoms with E-state index in [2.05, 4.69) is 5.32 Å². The quantitative estimate of drug-likeness (QED) is 0.809. The molecular weight excluding hydrogens is 280 g/mol. The van der Waals surface area contributed by atoms with Gasteiger partial charge in [-0.3, -0.25) is 14.5 Å². The van der Waals surface area contributed by atoms with Crippen LogP contribution >= 0.6 is 12.4 Å². The van der Waals surface area contributed by atoms with Gasteiger partial charge in [-0.1, -0.05) is 24.6 Å². The molecule has 1 aromatic rings. The van der Waals surface area contributed by atoms with Gasteiger partial charge in [0.2, 0.25) is 5.91 Å². The van der Waals surface area contributed by atoms with Gasteiger partial charge in [0.05, 0.1) is 13.1 Å². The Kier molecular flexibility index (Phi) is 8.59. The second-order valence-corrected chi connectivity index (χ2v) is 4.52. The largest absolute Gasteiger partial charge is 0.480 e. The standard InChI is InChI=1S/C14H20N2O3.ClH/c1-3-8-16(10-14(18)19)9-13(17)15-12-6-4-11(2)5-7-12;/h4-7H,3,8-10H2,1-2H3,(H,15,17)(H,18,19);1H. The summed E-state index contributed by atoms with van der Waals surface area (Å²) < 4.78 is 0. The maximum absolute atomic E-state index is 11.8. The van der Waals surface area contributed by atoms with Crippen molar-refractivity contribution in [1.82, 2.24) is 4.90 Å². The minimum atomic E-state index is -0.920. The summed E-state index contributed by atoms with van der Waals surface area (Å²) in [5.41, 5.74) is 1.85. The number of nitrogens with one attached hydrogen (secondary N) is 1. The van der Waals surface area contributed by atoms with Gasteiger partial charge < -0.3 is 10.4 Å². The fourth-order valence-electron chi connectivity index (χ4n) is 1.76. The number of carbonyl (C=O) groups is 2. The van der Waals surface area contributed by atoms with Crippen LogP contribution in [0.4, 0.5) is 5.69 Å². The molecular formula is C14H21ClN2O3. The lowest BCUT2D eigenvalue weighted by Crippen LogP contribution is -2.37. The van der Waals surface area contributed by atoms with Crippen molar-refractivity contribution in [2.24, 2.45) is 0 Å². The number of hydrogen-bond donors (Lipinski definition) is 2. The van der Waals surface area contributed by atoms with Gasteiger partial charge in [-0.05, 0) is 32.0 Å². The molecule has 5 nitrogen and oxygen atoms in total. The zero-order valence-electron chi connectivity index (χ0n) is 11.8. The monoisotopic (exact) mass is 300 g/mol. The van der Waals surface area contributed by atoms with Crippen LogP contribution in [-0.2, 0) is 9.59 Å². The van der Waals surface area contributed by atoms with Crippen LogP contribution in [0.2, 0.25) is 0 Å². The van der Waals surface area contributed by atoms with Crippen LogP contribution in [0.25, 0.3) is 0 Å². The molecule has 0 heterocycles. The number of anilines is 1. The van der Waals surface area contributed by atoms with E-state index in [9.17, 15) is 9.59 Å². The summed E-state index contributed by atoms with van der Waals surface area (Å²) >= 11 is 0. The molecule has 0 unspecified atom stereocenters. The average molecular weight is 301 g/mol. The fourth-order valence-corrected chi connectivity index (χ4v) is 1.76. The number of nitrogens with zero attached hydrogens (tertiary/aromatic N) is 1. The molecule has 1 rings (SSSR count). The van der Waals surface area contributed by atoms with Gasteiger partial charge in [-0.2, -0.15) is 0 Å². The summed E-state index contributed by atoms with van der Waals surface area (Å²) in [5.74, 6) is -1.12. The van der Waals surface area contributed by atoms with Crippen molar-refractivity contribution < 1.29 is 14.7 Å². The number of carboxylic acid groups (broad SMARTS) is 1. The Morgan fingerprint density at radius 2 is 1.80 bits per heavy atom. The zero-order chi connectivity index (χ0) is 14.3. The number of benzene rings is 1. The first-order valence-electron chi connectivity index (χ1n) is 6.32. The van der Waals surface area contributed by atoms with Crippen molar-refractivity contribution in [3.05, 3.63) is 29.8 Å². The molecule has 0 radical (unpaired) electrons. The predicted molar refractivity (Wildman–Crippen MR) is 81.4 cm³/mol. The highest BCUT2D eigenvalue weighted by Crippen LogP contribution is 2.08. The third kappa shape index (κ3) is 7.11. The van der Waals surface area contributed by atoms with Crippen LogP contribution in [0, 0.1) is 6.92 Å². The lowest BCUT2D eigenvalue weighted by atomic mass is 10.2. The topological polar surface area (TPSA) is 69.6 Å². The SMILES string of the molecule is CCCN(CC(=O)O)CC(=O)Nc1ccc(C)cc1.Cl. The molecule has 0 saturated heterocycles. The predicted octanol–water partition coefficient (Wildman–Crippen LogP) is 2.15. The van der Waals surface area contributed by atoms with Gasteiger partial charge in [0.15, 0.2) is 0 Å². The molecule has 0 aromatic heterocycles. The minimum absolute atomic E-state index is 0. The molecule has 0 aliphatic rings. The maximum atomic E-state index is 11.8. The molecule has 6 heteroatoms. The zero-order valence-corrected chi connectivity index (χ0v) is 12.6. The number of hydrogen-bond acceptors (Lipinski definition) is 3. The molecule has 0 fully saturated rings. The van der Waals surface area contributed by atoms with Crippen molar-refractivity contribution in [3.8, 4) is 0 Å². The molecule has 0 spiro atoms. The molecule has 0 aliphatic carbocycles. The van der Waals surface area contributed by atoms with E-state index in [4.69, 9.17) is 5.11 Å². The highest BCUT2D eigenvalue weighted by molar-refractivity contribution is 5.92. The number of aliphatic carboxylic acids is 1. The van der Waals surface area contributed by atoms with Crippen LogP contribution in [-0.4, -0.2) is 41.5 Å². The van der Waals surface area contributed by atoms with Crippen molar-refractivity contribution >= 4 is 30.0 Å². The molecule has 20 heavy (non-hydrogen) atoms. The Labute approximate surface area is 125 Å². The Hall–Kier alpha value is -1.59. The van der Waals surface area contributed by atoms with E-state index in [-0.39, 0.29) is 31.4 Å². The van der Waals surface area contributed by atoms with Crippen molar-refractivity contribution in [1.29, 1.82) is 0 Å². The Bertz CT molecular complexity index is 435. The highest BCUT2D eigenvalue weighted by atomic mass is 35.5. The number of amides is 1. The van der Waals surface area contributed by atoms with Gasteiger partial charge in [-0.15, -0.1) is 12.4 Å². The average Bonchev–Trinajstić information content (AvgIpc) is 2.31. The fraction of sp³-hybridized carbons (Fsp3) is 0.429. The van der Waals surface area contributed by atoms with E-state index in [0.717, 1.165) is 17.7 Å². The van der Waals surface area contributed by atoms with E-state index in [1.54, 1.807) is 4.90 Å². The highest BCUT2D eigenvalue weighted by Gasteiger charge is 2.13. The summed E-state index contributed by atoms with van der Waals surface area (Å²) in [4.78, 5) is 24.1. The molecule has 0 saturated carbocycles. The molecule has 0 atom stereocenters. The number of aryl methyl sites for hydroxylation is 1. The summed E-state index contributed by atoms with van der Waals surface area (Å²) in [5, 5.41) is 11.5. The normalized spacial score (nSPS) is 9.95. The molecule has 112 valence electrons. The van der Waals surface area contributed by atoms with Crippen molar-refractivity contribution in [2.45, 2.75) is 20.3 Å². The first kappa shape index (κ1) is 18.4. The first-order chi connectivity index (χ1) is 9.01. The molecule has 1 amide bonds. The van der Waals surface area contributed by atoms with E-state index in [1.165, 1.54) is 0 Å². The molecule has 2 N–H and O–H groups in total. The summed E-state index contributed by atoms with van der Waals surface area (Å²) in [7, 11) is 0. The van der Waals surface area contributed by atoms with E-state index in [0.29, 0.717) is 6.54 Å². The van der Waals surface area contributed by atoms with Gasteiger partial charge >= 0.3 is 5.97 Å². The lowest BCUT2D eigenvalue weighted by molar-refractivity contribution is -0.138. The van der Waals surface area contributed by atoms with Crippen LogP contribution in [0.15, 0.2) is 24.3 Å². The number of rotatable bonds is 7. The Balaban J connectivity index is 0.00000361. The lowest BCUT2D eigenvalue weighted by Gasteiger charge is -2.18. The molecule has 0 bridgehead atoms. The third-order valence-corrected chi connectivity index (χ3v) is 2.60. The summed E-state index contributed by atoms with van der Waals surface area (Å²) in [6.07, 6.45) is 0.811. The van der Waals surface area contributed by atoms with Crippen molar-refractivity contribution in [2.75, 3.05) is 25.0 Å². The van der Waals surface area contributed by atoms with Gasteiger partial charge in [-0.25, -0.2) is 0 Å². The number of carboxylic acids is 1. The summed E-state index contributed by atoms with van der Waals surface area (Å²) in [6.45, 7) is 4.49. The van der Waals surface area contributed by atoms with E-state index < -0.39 is 5.97 Å². The van der Waals surface area contributed by atoms with Crippen LogP contribution in [0.1, 0.15) is 18.9 Å². The Morgan fingerprint density at radius 3 is 2.30 bits per heavy atom. The van der Waals surface area contributed by atoms with Crippen molar-refractivity contribution in [3.63, 3.8) is 0 Å². The number of halogens is 1. The number of carbonyl (C=O) groups excluding carboxylic acids is 1. The van der Waals surface area contributed by atoms with Crippen LogP contribution < -0.4 is 5.32 Å². The van der Waals surface area contributed by atoms with Gasteiger partial charge in [0.25, 0.3) is 0 Å². The minimum Gasteiger partial charge on any atom is -0.480 e. The van der Waals surface area contributed by atoms with Crippen LogP contribution in [0.3, 0.4) is 0 Å². The summed E-state index contributed by atoms with van der Waals surface area (Å²) in [6, 6.07) is 7.48. The smallest absolute Gasteiger partial charge is 0.317 e. The third-order valence-electron chi connectivity index (χ3n) is 2.60. The van der Waals surface area contributed by atoms with Gasteiger partial charge in [0.1, 0.15) is 0 Å². The maximum Gasteiger partial charge on any atom is 0.317 e.